The normalized spacial score (nSPS) is 0.667. The van der Waals surface area contributed by atoms with Gasteiger partial charge in [-0.2, -0.15) is 0 Å². The zero-order valence-corrected chi connectivity index (χ0v) is 8.96. The number of rotatable bonds is 0. The van der Waals surface area contributed by atoms with Crippen molar-refractivity contribution in [3.05, 3.63) is 0 Å². The summed E-state index contributed by atoms with van der Waals surface area (Å²) in [5.74, 6) is 0. The second-order valence-corrected chi connectivity index (χ2v) is 0. The molecule has 0 saturated heterocycles. The second-order valence-electron chi connectivity index (χ2n) is 0. The van der Waals surface area contributed by atoms with E-state index in [-0.39, 0.29) is 81.7 Å². The van der Waals surface area contributed by atoms with E-state index in [0.29, 0.717) is 0 Å². The van der Waals surface area contributed by atoms with E-state index in [4.69, 9.17) is 10.5 Å². The van der Waals surface area contributed by atoms with E-state index < -0.39 is 0 Å². The van der Waals surface area contributed by atoms with Crippen LogP contribution in [0.15, 0.2) is 0 Å². The van der Waals surface area contributed by atoms with E-state index >= 15 is 0 Å². The van der Waals surface area contributed by atoms with Gasteiger partial charge in [-0.25, -0.2) is 0 Å². The van der Waals surface area contributed by atoms with Crippen molar-refractivity contribution in [1.29, 1.82) is 0 Å². The summed E-state index contributed by atoms with van der Waals surface area (Å²) in [7, 11) is 0. The van der Waals surface area contributed by atoms with Gasteiger partial charge in [-0.15, -0.1) is 0 Å². The largest absolute Gasteiger partial charge is 2.00 e. The Morgan fingerprint density at radius 1 is 0.444 bits per heavy atom. The Bertz CT molecular complexity index is 4.53. The molecule has 0 aliphatic carbocycles. The average molecular weight is 277 g/mol. The Kier molecular flexibility index (Phi) is 7740. The quantitative estimate of drug-likeness (QED) is 0.238. The first-order chi connectivity index (χ1) is 1.00. The summed E-state index contributed by atoms with van der Waals surface area (Å²) in [6.07, 6.45) is 0. The molecule has 0 aliphatic heterocycles. The van der Waals surface area contributed by atoms with Crippen LogP contribution >= 0.6 is 0 Å². The zero-order chi connectivity index (χ0) is 2.00. The molecule has 62 valence electrons. The van der Waals surface area contributed by atoms with E-state index in [9.17, 15) is 0 Å². The van der Waals surface area contributed by atoms with E-state index in [0.717, 1.165) is 0 Å². The molecule has 0 spiro atoms. The van der Waals surface area contributed by atoms with Gasteiger partial charge in [-0.1, -0.05) is 0 Å². The second kappa shape index (κ2) is 402. The van der Waals surface area contributed by atoms with Gasteiger partial charge in [-0.05, 0) is 0 Å². The molecule has 0 rings (SSSR count). The minimum atomic E-state index is 0. The van der Waals surface area contributed by atoms with Gasteiger partial charge in [0.2, 0.25) is 0 Å². The molecule has 0 bridgehead atoms. The van der Waals surface area contributed by atoms with E-state index in [1.807, 2.05) is 0 Å². The third-order valence-electron chi connectivity index (χ3n) is 0. The summed E-state index contributed by atoms with van der Waals surface area (Å²) in [6.45, 7) is 0. The first-order valence-electron chi connectivity index (χ1n) is 0.167. The summed E-state index contributed by atoms with van der Waals surface area (Å²) in [4.78, 5) is 0. The topological polar surface area (TPSA) is 235 Å². The monoisotopic (exact) mass is 278 g/mol. The molecule has 0 aromatic carbocycles. The van der Waals surface area contributed by atoms with Gasteiger partial charge in [0.05, 0.1) is 0 Å². The maximum absolute atomic E-state index is 7.00. The van der Waals surface area contributed by atoms with Crippen LogP contribution in [0.25, 0.3) is 0 Å². The molecule has 9 heavy (non-hydrogen) atoms. The summed E-state index contributed by atoms with van der Waals surface area (Å²) >= 11 is 0. The van der Waals surface area contributed by atoms with Crippen LogP contribution in [0.1, 0.15) is 0 Å². The molecule has 0 aliphatic rings. The van der Waals surface area contributed by atoms with Crippen LogP contribution in [0.2, 0.25) is 0 Å². The Morgan fingerprint density at radius 2 is 0.444 bits per heavy atom. The molecule has 0 unspecified atom stereocenters. The van der Waals surface area contributed by atoms with Gasteiger partial charge in [0.25, 0.3) is 0 Å². The molecule has 0 amide bonds. The van der Waals surface area contributed by atoms with Crippen molar-refractivity contribution < 1.29 is 43.4 Å². The number of hydrogen-bond donors (Lipinski definition) is 0. The molecule has 8 nitrogen and oxygen atoms in total. The zero-order valence-electron chi connectivity index (χ0n) is 4.52. The van der Waals surface area contributed by atoms with E-state index in [1.165, 1.54) is 0 Å². The van der Waals surface area contributed by atoms with Crippen LogP contribution in [0, 0.1) is 0 Å². The van der Waals surface area contributed by atoms with Crippen molar-refractivity contribution in [1.82, 2.24) is 0 Å². The summed E-state index contributed by atoms with van der Waals surface area (Å²) in [5.41, 5.74) is 0. The van der Waals surface area contributed by atoms with Crippen molar-refractivity contribution in [2.45, 2.75) is 0 Å². The SMILES string of the molecule is O.O.O.O.O.O.[Ba+2].[O-][O-]. The smallest absolute Gasteiger partial charge is 1.00 e. The van der Waals surface area contributed by atoms with Crippen molar-refractivity contribution in [3.8, 4) is 0 Å². The van der Waals surface area contributed by atoms with Gasteiger partial charge in [0, 0.05) is 0 Å². The van der Waals surface area contributed by atoms with Gasteiger partial charge >= 0.3 is 48.9 Å². The van der Waals surface area contributed by atoms with Crippen molar-refractivity contribution in [2.24, 2.45) is 0 Å². The molecule has 0 aromatic heterocycles. The van der Waals surface area contributed by atoms with Gasteiger partial charge in [0.15, 0.2) is 0 Å². The Hall–Kier alpha value is 1.25. The van der Waals surface area contributed by atoms with Crippen LogP contribution in [0.5, 0.6) is 0 Å². The Balaban J connectivity index is -0.000000000238. The van der Waals surface area contributed by atoms with Crippen LogP contribution < -0.4 is 10.5 Å². The van der Waals surface area contributed by atoms with Gasteiger partial charge in [-0.3, -0.25) is 0 Å². The molecular formula is H12BaO8. The molecule has 0 heterocycles. The van der Waals surface area contributed by atoms with Crippen LogP contribution in [0.4, 0.5) is 0 Å². The third-order valence-corrected chi connectivity index (χ3v) is 0. The Labute approximate surface area is 91.4 Å². The Morgan fingerprint density at radius 3 is 0.444 bits per heavy atom. The van der Waals surface area contributed by atoms with Gasteiger partial charge < -0.3 is 43.4 Å². The molecule has 9 heteroatoms. The van der Waals surface area contributed by atoms with E-state index in [1.54, 1.807) is 0 Å². The summed E-state index contributed by atoms with van der Waals surface area (Å²) in [6, 6.07) is 0. The average Bonchev–Trinajstić information content (AvgIpc) is 1.00. The summed E-state index contributed by atoms with van der Waals surface area (Å²) in [5, 5.41) is 14.0. The van der Waals surface area contributed by atoms with Crippen LogP contribution in [-0.2, 0) is 0 Å². The maximum Gasteiger partial charge on any atom is 2.00 e. The molecule has 12 N–H and O–H groups in total. The first-order valence-corrected chi connectivity index (χ1v) is 0.167. The minimum absolute atomic E-state index is 0. The minimum Gasteiger partial charge on any atom is -1.00 e. The molecule has 0 atom stereocenters. The van der Waals surface area contributed by atoms with Crippen LogP contribution in [-0.4, -0.2) is 81.7 Å². The van der Waals surface area contributed by atoms with E-state index in [2.05, 4.69) is 0 Å². The third kappa shape index (κ3) is 311. The fourth-order valence-electron chi connectivity index (χ4n) is 0. The molecule has 0 aromatic rings. The molecule has 0 saturated carbocycles. The van der Waals surface area contributed by atoms with Crippen LogP contribution in [0.3, 0.4) is 0 Å². The molecule has 0 fully saturated rings. The maximum atomic E-state index is 7.00. The number of hydrogen-bond acceptors (Lipinski definition) is 2. The summed E-state index contributed by atoms with van der Waals surface area (Å²) < 4.78 is 0. The van der Waals surface area contributed by atoms with Gasteiger partial charge in [0.1, 0.15) is 0 Å². The van der Waals surface area contributed by atoms with Crippen molar-refractivity contribution >= 4 is 48.9 Å². The first kappa shape index (κ1) is 173. The predicted molar refractivity (Wildman–Crippen MR) is 27.4 cm³/mol. The van der Waals surface area contributed by atoms with Crippen molar-refractivity contribution in [2.75, 3.05) is 0 Å². The fraction of sp³-hybridized carbons (Fsp3) is 0. The standard InChI is InChI=1S/Ba.O2.6H2O/c;1-2;;;;;;/h;;6*1H2/q+2;-2;;;;;;. The predicted octanol–water partition coefficient (Wildman–Crippen LogP) is -7.71. The fourth-order valence-corrected chi connectivity index (χ4v) is 0. The molecule has 0 radical (unpaired) electrons. The molecular weight excluding hydrogens is 265 g/mol. The van der Waals surface area contributed by atoms with Crippen molar-refractivity contribution in [3.63, 3.8) is 0 Å².